The molecule has 1 aliphatic rings. The maximum absolute atomic E-state index is 13.3. The van der Waals surface area contributed by atoms with Crippen LogP contribution in [0.1, 0.15) is 51.5 Å². The number of H-pyrrole nitrogens is 1. The molecule has 0 spiro atoms. The number of carboxylic acid groups (broad SMARTS) is 2. The fraction of sp³-hybridized carbons (Fsp3) is 0.519. The number of para-hydroxylation sites is 1. The van der Waals surface area contributed by atoms with E-state index in [1.54, 1.807) is 20.0 Å². The van der Waals surface area contributed by atoms with Crippen molar-refractivity contribution in [2.24, 2.45) is 11.7 Å². The molecule has 0 aliphatic carbocycles. The van der Waals surface area contributed by atoms with Gasteiger partial charge in [0.25, 0.3) is 0 Å². The highest BCUT2D eigenvalue weighted by atomic mass is 16.4. The number of hydrogen-bond donors (Lipinski definition) is 6. The predicted molar refractivity (Wildman–Crippen MR) is 143 cm³/mol. The molecule has 2 aromatic rings. The number of benzene rings is 1. The molecule has 39 heavy (non-hydrogen) atoms. The quantitative estimate of drug-likeness (QED) is 0.215. The molecular formula is C27H37N5O7. The molecule has 1 aliphatic heterocycles. The van der Waals surface area contributed by atoms with E-state index < -0.39 is 60.2 Å². The first kappa shape index (κ1) is 29.6. The minimum Gasteiger partial charge on any atom is -0.481 e. The number of nitrogens with one attached hydrogen (secondary N) is 3. The van der Waals surface area contributed by atoms with Crippen LogP contribution in [0.2, 0.25) is 0 Å². The lowest BCUT2D eigenvalue weighted by atomic mass is 9.98. The zero-order valence-electron chi connectivity index (χ0n) is 22.2. The summed E-state index contributed by atoms with van der Waals surface area (Å²) >= 11 is 0. The summed E-state index contributed by atoms with van der Waals surface area (Å²) in [5, 5.41) is 24.6. The lowest BCUT2D eigenvalue weighted by Gasteiger charge is -2.29. The molecule has 1 aromatic heterocycles. The second-order valence-electron chi connectivity index (χ2n) is 10.1. The Morgan fingerprint density at radius 2 is 1.87 bits per heavy atom. The largest absolute Gasteiger partial charge is 0.481 e. The highest BCUT2D eigenvalue weighted by molar-refractivity contribution is 5.95. The van der Waals surface area contributed by atoms with Gasteiger partial charge in [0.1, 0.15) is 18.1 Å². The molecule has 3 amide bonds. The Bertz CT molecular complexity index is 1210. The molecule has 0 saturated carbocycles. The van der Waals surface area contributed by atoms with Crippen molar-refractivity contribution in [3.05, 3.63) is 36.0 Å². The molecule has 1 saturated heterocycles. The fourth-order valence-corrected chi connectivity index (χ4v) is 4.88. The minimum absolute atomic E-state index is 0.236. The van der Waals surface area contributed by atoms with E-state index in [1.807, 2.05) is 24.3 Å². The molecule has 12 heteroatoms. The molecule has 1 fully saturated rings. The van der Waals surface area contributed by atoms with Gasteiger partial charge in [-0.25, -0.2) is 4.79 Å². The van der Waals surface area contributed by atoms with Crippen LogP contribution >= 0.6 is 0 Å². The van der Waals surface area contributed by atoms with E-state index >= 15 is 0 Å². The zero-order valence-corrected chi connectivity index (χ0v) is 22.2. The van der Waals surface area contributed by atoms with Gasteiger partial charge in [-0.3, -0.25) is 19.2 Å². The van der Waals surface area contributed by atoms with Crippen LogP contribution in [-0.2, 0) is 30.4 Å². The Morgan fingerprint density at radius 3 is 2.54 bits per heavy atom. The van der Waals surface area contributed by atoms with Gasteiger partial charge in [-0.05, 0) is 43.2 Å². The number of rotatable bonds is 13. The molecule has 12 nitrogen and oxygen atoms in total. The van der Waals surface area contributed by atoms with Crippen LogP contribution in [0.3, 0.4) is 0 Å². The normalized spacial score (nSPS) is 18.2. The van der Waals surface area contributed by atoms with Crippen molar-refractivity contribution >= 4 is 40.6 Å². The fourth-order valence-electron chi connectivity index (χ4n) is 4.88. The Kier molecular flexibility index (Phi) is 10.0. The van der Waals surface area contributed by atoms with Gasteiger partial charge in [0, 0.05) is 30.1 Å². The molecule has 7 N–H and O–H groups in total. The predicted octanol–water partition coefficient (Wildman–Crippen LogP) is 0.994. The maximum Gasteiger partial charge on any atom is 0.326 e. The van der Waals surface area contributed by atoms with Crippen molar-refractivity contribution in [2.45, 2.75) is 76.5 Å². The summed E-state index contributed by atoms with van der Waals surface area (Å²) in [4.78, 5) is 66.9. The second kappa shape index (κ2) is 13.2. The third-order valence-corrected chi connectivity index (χ3v) is 7.33. The van der Waals surface area contributed by atoms with Crippen LogP contribution in [0, 0.1) is 5.92 Å². The lowest BCUT2D eigenvalue weighted by molar-refractivity contribution is -0.145. The van der Waals surface area contributed by atoms with E-state index in [4.69, 9.17) is 10.8 Å². The Hall–Kier alpha value is -3.93. The van der Waals surface area contributed by atoms with Crippen LogP contribution in [0.25, 0.3) is 10.9 Å². The van der Waals surface area contributed by atoms with E-state index in [9.17, 15) is 29.1 Å². The average Bonchev–Trinajstić information content (AvgIpc) is 3.56. The molecule has 2 heterocycles. The van der Waals surface area contributed by atoms with Crippen LogP contribution in [-0.4, -0.2) is 80.5 Å². The standard InChI is InChI=1S/C27H37N5O7/c1-3-15(2)23(27(38)39)31-24(35)20(10-11-22(33)34)30-25(36)21-9-6-12-32(21)26(37)18(28)13-16-14-29-19-8-5-4-7-17(16)19/h4-5,7-8,14-15,18,20-21,23,29H,3,6,9-13,28H2,1-2H3,(H,30,36)(H,31,35)(H,33,34)(H,38,39). The second-order valence-corrected chi connectivity index (χ2v) is 10.1. The number of carbonyl (C=O) groups is 5. The van der Waals surface area contributed by atoms with Crippen LogP contribution < -0.4 is 16.4 Å². The number of fused-ring (bicyclic) bond motifs is 1. The topological polar surface area (TPSA) is 195 Å². The van der Waals surface area contributed by atoms with Crippen molar-refractivity contribution in [3.63, 3.8) is 0 Å². The van der Waals surface area contributed by atoms with Crippen LogP contribution in [0.4, 0.5) is 0 Å². The Morgan fingerprint density at radius 1 is 1.15 bits per heavy atom. The number of likely N-dealkylation sites (tertiary alicyclic amines) is 1. The number of amides is 3. The Labute approximate surface area is 226 Å². The summed E-state index contributed by atoms with van der Waals surface area (Å²) in [7, 11) is 0. The molecule has 5 atom stereocenters. The zero-order chi connectivity index (χ0) is 28.7. The monoisotopic (exact) mass is 543 g/mol. The average molecular weight is 544 g/mol. The summed E-state index contributed by atoms with van der Waals surface area (Å²) in [5.74, 6) is -4.57. The number of carbonyl (C=O) groups excluding carboxylic acids is 3. The summed E-state index contributed by atoms with van der Waals surface area (Å²) in [6.07, 6.45) is 2.83. The maximum atomic E-state index is 13.3. The number of aromatic amines is 1. The first-order chi connectivity index (χ1) is 18.5. The molecule has 5 unspecified atom stereocenters. The number of aliphatic carboxylic acids is 2. The number of hydrogen-bond acceptors (Lipinski definition) is 6. The number of aromatic nitrogens is 1. The van der Waals surface area contributed by atoms with Crippen LogP contribution in [0.15, 0.2) is 30.5 Å². The van der Waals surface area contributed by atoms with Crippen molar-refractivity contribution < 1.29 is 34.2 Å². The van der Waals surface area contributed by atoms with E-state index in [2.05, 4.69) is 15.6 Å². The van der Waals surface area contributed by atoms with Gasteiger partial charge < -0.3 is 36.5 Å². The van der Waals surface area contributed by atoms with E-state index in [0.717, 1.165) is 16.5 Å². The molecule has 0 bridgehead atoms. The number of nitrogens with two attached hydrogens (primary N) is 1. The summed E-state index contributed by atoms with van der Waals surface area (Å²) in [5.41, 5.74) is 8.08. The van der Waals surface area contributed by atoms with Gasteiger partial charge in [0.2, 0.25) is 17.7 Å². The third kappa shape index (κ3) is 7.34. The first-order valence-electron chi connectivity index (χ1n) is 13.2. The SMILES string of the molecule is CCC(C)C(NC(=O)C(CCC(=O)O)NC(=O)C1CCCN1C(=O)C(N)Cc1c[nH]c2ccccc12)C(=O)O. The minimum atomic E-state index is -1.28. The summed E-state index contributed by atoms with van der Waals surface area (Å²) in [6.45, 7) is 3.77. The van der Waals surface area contributed by atoms with Crippen molar-refractivity contribution in [1.29, 1.82) is 0 Å². The number of carboxylic acids is 2. The highest BCUT2D eigenvalue weighted by Crippen LogP contribution is 2.22. The van der Waals surface area contributed by atoms with Crippen molar-refractivity contribution in [2.75, 3.05) is 6.54 Å². The van der Waals surface area contributed by atoms with E-state index in [-0.39, 0.29) is 18.8 Å². The van der Waals surface area contributed by atoms with Gasteiger partial charge in [0.15, 0.2) is 0 Å². The smallest absolute Gasteiger partial charge is 0.326 e. The summed E-state index contributed by atoms with van der Waals surface area (Å²) in [6, 6.07) is 3.40. The summed E-state index contributed by atoms with van der Waals surface area (Å²) < 4.78 is 0. The lowest BCUT2D eigenvalue weighted by Crippen LogP contribution is -2.57. The molecule has 0 radical (unpaired) electrons. The van der Waals surface area contributed by atoms with E-state index in [0.29, 0.717) is 25.8 Å². The van der Waals surface area contributed by atoms with Gasteiger partial charge in [-0.1, -0.05) is 38.5 Å². The molecule has 212 valence electrons. The van der Waals surface area contributed by atoms with Gasteiger partial charge >= 0.3 is 11.9 Å². The van der Waals surface area contributed by atoms with Crippen molar-refractivity contribution in [1.82, 2.24) is 20.5 Å². The third-order valence-electron chi connectivity index (χ3n) is 7.33. The molecular weight excluding hydrogens is 506 g/mol. The van der Waals surface area contributed by atoms with Crippen LogP contribution in [0.5, 0.6) is 0 Å². The first-order valence-corrected chi connectivity index (χ1v) is 13.2. The van der Waals surface area contributed by atoms with Gasteiger partial charge in [-0.2, -0.15) is 0 Å². The van der Waals surface area contributed by atoms with Gasteiger partial charge in [0.05, 0.1) is 6.04 Å². The van der Waals surface area contributed by atoms with Crippen molar-refractivity contribution in [3.8, 4) is 0 Å². The number of nitrogens with zero attached hydrogens (tertiary/aromatic N) is 1. The molecule has 1 aromatic carbocycles. The van der Waals surface area contributed by atoms with E-state index in [1.165, 1.54) is 4.90 Å². The van der Waals surface area contributed by atoms with Gasteiger partial charge in [-0.15, -0.1) is 0 Å². The Balaban J connectivity index is 1.70. The molecule has 3 rings (SSSR count). The highest BCUT2D eigenvalue weighted by Gasteiger charge is 2.38.